The number of carbonyl (C=O) groups excluding carboxylic acids is 1. The van der Waals surface area contributed by atoms with Gasteiger partial charge in [0.05, 0.1) is 13.5 Å². The second kappa shape index (κ2) is 5.20. The van der Waals surface area contributed by atoms with E-state index in [0.717, 1.165) is 11.3 Å². The van der Waals surface area contributed by atoms with Crippen molar-refractivity contribution in [1.29, 1.82) is 0 Å². The molecule has 0 saturated carbocycles. The summed E-state index contributed by atoms with van der Waals surface area (Å²) >= 11 is 0. The fraction of sp³-hybridized carbons (Fsp3) is 0.250. The smallest absolute Gasteiger partial charge is 0.228 e. The Morgan fingerprint density at radius 3 is 2.73 bits per heavy atom. The largest absolute Gasteiger partial charge is 0.496 e. The maximum Gasteiger partial charge on any atom is 0.228 e. The standard InChI is InChI=1S/C12H15NO2/c1-9(2)13-12(14)8-10-6-4-5-7-11(10)15-3/h4-7H,1,8H2,2-3H3,(H,13,14). The van der Waals surface area contributed by atoms with E-state index in [4.69, 9.17) is 4.74 Å². The molecule has 0 aliphatic heterocycles. The fourth-order valence-electron chi connectivity index (χ4n) is 1.30. The lowest BCUT2D eigenvalue weighted by Gasteiger charge is -2.08. The molecule has 0 heterocycles. The summed E-state index contributed by atoms with van der Waals surface area (Å²) in [5, 5.41) is 2.65. The van der Waals surface area contributed by atoms with Gasteiger partial charge in [0.15, 0.2) is 0 Å². The number of hydrogen-bond donors (Lipinski definition) is 1. The molecule has 0 aromatic heterocycles. The lowest BCUT2D eigenvalue weighted by Crippen LogP contribution is -2.22. The van der Waals surface area contributed by atoms with Gasteiger partial charge in [-0.3, -0.25) is 4.79 Å². The molecule has 0 aliphatic rings. The van der Waals surface area contributed by atoms with Crippen molar-refractivity contribution in [1.82, 2.24) is 5.32 Å². The Bertz CT molecular complexity index is 372. The molecule has 0 radical (unpaired) electrons. The van der Waals surface area contributed by atoms with Crippen LogP contribution in [0.25, 0.3) is 0 Å². The van der Waals surface area contributed by atoms with Crippen LogP contribution in [0.4, 0.5) is 0 Å². The fourth-order valence-corrected chi connectivity index (χ4v) is 1.30. The van der Waals surface area contributed by atoms with Crippen LogP contribution >= 0.6 is 0 Å². The van der Waals surface area contributed by atoms with E-state index in [-0.39, 0.29) is 5.91 Å². The number of ether oxygens (including phenoxy) is 1. The predicted octanol–water partition coefficient (Wildman–Crippen LogP) is 1.89. The molecule has 0 aliphatic carbocycles. The van der Waals surface area contributed by atoms with E-state index >= 15 is 0 Å². The molecule has 3 heteroatoms. The number of allylic oxidation sites excluding steroid dienone is 1. The van der Waals surface area contributed by atoms with Crippen LogP contribution in [-0.2, 0) is 11.2 Å². The van der Waals surface area contributed by atoms with Crippen LogP contribution in [0, 0.1) is 0 Å². The quantitative estimate of drug-likeness (QED) is 0.815. The van der Waals surface area contributed by atoms with Crippen LogP contribution in [0.2, 0.25) is 0 Å². The summed E-state index contributed by atoms with van der Waals surface area (Å²) in [5.41, 5.74) is 1.52. The molecular formula is C12H15NO2. The summed E-state index contributed by atoms with van der Waals surface area (Å²) in [7, 11) is 1.59. The minimum absolute atomic E-state index is 0.0769. The van der Waals surface area contributed by atoms with E-state index in [1.54, 1.807) is 14.0 Å². The van der Waals surface area contributed by atoms with E-state index < -0.39 is 0 Å². The summed E-state index contributed by atoms with van der Waals surface area (Å²) in [5.74, 6) is 0.654. The first kappa shape index (κ1) is 11.3. The highest BCUT2D eigenvalue weighted by Gasteiger charge is 2.07. The van der Waals surface area contributed by atoms with Crippen molar-refractivity contribution in [2.75, 3.05) is 7.11 Å². The number of benzene rings is 1. The molecule has 1 rings (SSSR count). The third-order valence-corrected chi connectivity index (χ3v) is 1.90. The molecule has 0 atom stereocenters. The van der Waals surface area contributed by atoms with Gasteiger partial charge in [-0.15, -0.1) is 0 Å². The Hall–Kier alpha value is -1.77. The number of rotatable bonds is 4. The van der Waals surface area contributed by atoms with Crippen LogP contribution in [0.5, 0.6) is 5.75 Å². The molecule has 0 spiro atoms. The molecule has 0 bridgehead atoms. The molecule has 1 amide bonds. The van der Waals surface area contributed by atoms with Crippen molar-refractivity contribution in [2.45, 2.75) is 13.3 Å². The minimum Gasteiger partial charge on any atom is -0.496 e. The third kappa shape index (κ3) is 3.46. The van der Waals surface area contributed by atoms with E-state index in [1.165, 1.54) is 0 Å². The maximum absolute atomic E-state index is 11.5. The molecule has 15 heavy (non-hydrogen) atoms. The van der Waals surface area contributed by atoms with E-state index in [1.807, 2.05) is 24.3 Å². The highest BCUT2D eigenvalue weighted by atomic mass is 16.5. The van der Waals surface area contributed by atoms with Crippen molar-refractivity contribution in [3.63, 3.8) is 0 Å². The molecule has 0 unspecified atom stereocenters. The van der Waals surface area contributed by atoms with Gasteiger partial charge in [0, 0.05) is 11.3 Å². The third-order valence-electron chi connectivity index (χ3n) is 1.90. The SMILES string of the molecule is C=C(C)NC(=O)Cc1ccccc1OC. The average molecular weight is 205 g/mol. The zero-order valence-electron chi connectivity index (χ0n) is 9.04. The van der Waals surface area contributed by atoms with Gasteiger partial charge in [-0.2, -0.15) is 0 Å². The first-order valence-electron chi connectivity index (χ1n) is 4.70. The summed E-state index contributed by atoms with van der Waals surface area (Å²) in [6.07, 6.45) is 0.302. The van der Waals surface area contributed by atoms with Gasteiger partial charge in [-0.25, -0.2) is 0 Å². The van der Waals surface area contributed by atoms with Crippen molar-refractivity contribution in [3.05, 3.63) is 42.1 Å². The van der Waals surface area contributed by atoms with Crippen LogP contribution in [0.15, 0.2) is 36.5 Å². The summed E-state index contributed by atoms with van der Waals surface area (Å²) < 4.78 is 5.15. The second-order valence-corrected chi connectivity index (χ2v) is 3.32. The lowest BCUT2D eigenvalue weighted by molar-refractivity contribution is -0.119. The van der Waals surface area contributed by atoms with Crippen molar-refractivity contribution < 1.29 is 9.53 Å². The van der Waals surface area contributed by atoms with Gasteiger partial charge < -0.3 is 10.1 Å². The van der Waals surface area contributed by atoms with Crippen LogP contribution in [0.3, 0.4) is 0 Å². The monoisotopic (exact) mass is 205 g/mol. The number of nitrogens with one attached hydrogen (secondary N) is 1. The van der Waals surface area contributed by atoms with Crippen LogP contribution in [0.1, 0.15) is 12.5 Å². The normalized spacial score (nSPS) is 9.47. The maximum atomic E-state index is 11.5. The highest BCUT2D eigenvalue weighted by molar-refractivity contribution is 5.80. The molecule has 1 aromatic carbocycles. The first-order chi connectivity index (χ1) is 7.13. The molecule has 1 N–H and O–H groups in total. The molecule has 80 valence electrons. The van der Waals surface area contributed by atoms with Gasteiger partial charge in [0.25, 0.3) is 0 Å². The molecule has 1 aromatic rings. The van der Waals surface area contributed by atoms with E-state index in [0.29, 0.717) is 12.1 Å². The number of amides is 1. The molecular weight excluding hydrogens is 190 g/mol. The Balaban J connectivity index is 2.71. The van der Waals surface area contributed by atoms with Crippen LogP contribution in [-0.4, -0.2) is 13.0 Å². The Morgan fingerprint density at radius 1 is 1.47 bits per heavy atom. The van der Waals surface area contributed by atoms with Gasteiger partial charge in [-0.1, -0.05) is 24.8 Å². The van der Waals surface area contributed by atoms with Gasteiger partial charge in [0.1, 0.15) is 5.75 Å². The van der Waals surface area contributed by atoms with Crippen LogP contribution < -0.4 is 10.1 Å². The lowest BCUT2D eigenvalue weighted by atomic mass is 10.1. The molecule has 3 nitrogen and oxygen atoms in total. The minimum atomic E-state index is -0.0769. The summed E-state index contributed by atoms with van der Waals surface area (Å²) in [6.45, 7) is 5.37. The van der Waals surface area contributed by atoms with Gasteiger partial charge in [0.2, 0.25) is 5.91 Å². The summed E-state index contributed by atoms with van der Waals surface area (Å²) in [6, 6.07) is 7.46. The number of hydrogen-bond acceptors (Lipinski definition) is 2. The van der Waals surface area contributed by atoms with Crippen molar-refractivity contribution in [2.24, 2.45) is 0 Å². The molecule has 0 saturated heterocycles. The second-order valence-electron chi connectivity index (χ2n) is 3.32. The molecule has 0 fully saturated rings. The van der Waals surface area contributed by atoms with E-state index in [9.17, 15) is 4.79 Å². The average Bonchev–Trinajstić information content (AvgIpc) is 2.17. The zero-order chi connectivity index (χ0) is 11.3. The number of methoxy groups -OCH3 is 1. The summed E-state index contributed by atoms with van der Waals surface area (Å²) in [4.78, 5) is 11.5. The van der Waals surface area contributed by atoms with E-state index in [2.05, 4.69) is 11.9 Å². The Morgan fingerprint density at radius 2 is 2.13 bits per heavy atom. The van der Waals surface area contributed by atoms with Crippen molar-refractivity contribution in [3.8, 4) is 5.75 Å². The zero-order valence-corrected chi connectivity index (χ0v) is 9.04. The Labute approximate surface area is 89.8 Å². The topological polar surface area (TPSA) is 38.3 Å². The Kier molecular flexibility index (Phi) is 3.92. The van der Waals surface area contributed by atoms with Gasteiger partial charge in [-0.05, 0) is 13.0 Å². The number of para-hydroxylation sites is 1. The number of carbonyl (C=O) groups is 1. The predicted molar refractivity (Wildman–Crippen MR) is 59.7 cm³/mol. The highest BCUT2D eigenvalue weighted by Crippen LogP contribution is 2.17. The van der Waals surface area contributed by atoms with Crippen molar-refractivity contribution >= 4 is 5.91 Å². The van der Waals surface area contributed by atoms with Gasteiger partial charge >= 0.3 is 0 Å². The first-order valence-corrected chi connectivity index (χ1v) is 4.70.